The fourth-order valence-electron chi connectivity index (χ4n) is 2.94. The number of ether oxygens (including phenoxy) is 2. The van der Waals surface area contributed by atoms with Crippen molar-refractivity contribution in [2.24, 2.45) is 0 Å². The molecule has 0 aliphatic carbocycles. The first-order chi connectivity index (χ1) is 13.8. The molecule has 0 aromatic heterocycles. The average Bonchev–Trinajstić information content (AvgIpc) is 2.72. The Kier molecular flexibility index (Phi) is 6.74. The monoisotopic (exact) mass is 442 g/mol. The van der Waals surface area contributed by atoms with E-state index in [4.69, 9.17) is 21.1 Å². The number of anilines is 1. The van der Waals surface area contributed by atoms with E-state index >= 15 is 0 Å². The van der Waals surface area contributed by atoms with E-state index in [0.717, 1.165) is 0 Å². The van der Waals surface area contributed by atoms with E-state index in [2.05, 4.69) is 5.32 Å². The second-order valence-electron chi connectivity index (χ2n) is 6.33. The highest BCUT2D eigenvalue weighted by Crippen LogP contribution is 2.29. The molecule has 0 bridgehead atoms. The lowest BCUT2D eigenvalue weighted by Gasteiger charge is -2.26. The number of nitrogens with zero attached hydrogens (tertiary/aromatic N) is 1. The Balaban J connectivity index is 1.83. The van der Waals surface area contributed by atoms with Gasteiger partial charge in [0, 0.05) is 13.1 Å². The lowest BCUT2D eigenvalue weighted by molar-refractivity contribution is -0.115. The number of benzene rings is 2. The summed E-state index contributed by atoms with van der Waals surface area (Å²) >= 11 is 5.72. The Hall–Kier alpha value is -2.20. The van der Waals surface area contributed by atoms with Crippen molar-refractivity contribution in [1.82, 2.24) is 4.31 Å². The third kappa shape index (κ3) is 4.87. The Morgan fingerprint density at radius 3 is 2.69 bits per heavy atom. The summed E-state index contributed by atoms with van der Waals surface area (Å²) in [6.45, 7) is 1.11. The molecule has 1 aliphatic heterocycles. The van der Waals surface area contributed by atoms with Crippen LogP contribution in [0.4, 0.5) is 10.1 Å². The quantitative estimate of drug-likeness (QED) is 0.743. The van der Waals surface area contributed by atoms with E-state index in [1.165, 1.54) is 41.7 Å². The Morgan fingerprint density at radius 2 is 2.00 bits per heavy atom. The zero-order valence-electron chi connectivity index (χ0n) is 15.7. The summed E-state index contributed by atoms with van der Waals surface area (Å²) in [5.74, 6) is -1.06. The molecule has 1 N–H and O–H groups in total. The number of morpholine rings is 1. The van der Waals surface area contributed by atoms with Crippen LogP contribution in [0.15, 0.2) is 41.3 Å². The van der Waals surface area contributed by atoms with E-state index in [-0.39, 0.29) is 40.9 Å². The van der Waals surface area contributed by atoms with Gasteiger partial charge in [0.2, 0.25) is 15.9 Å². The van der Waals surface area contributed by atoms with Gasteiger partial charge in [-0.1, -0.05) is 23.7 Å². The van der Waals surface area contributed by atoms with Gasteiger partial charge in [0.1, 0.15) is 10.6 Å². The standard InChI is InChI=1S/C19H20ClFN2O5S/c1-27-16-6-5-13(11-17(16)29(25,26)23-7-9-28-10-8-23)12-18(24)22-15-4-2-3-14(20)19(15)21/h2-6,11H,7-10,12H2,1H3,(H,22,24). The lowest BCUT2D eigenvalue weighted by atomic mass is 10.1. The van der Waals surface area contributed by atoms with Gasteiger partial charge in [-0.25, -0.2) is 12.8 Å². The van der Waals surface area contributed by atoms with Crippen LogP contribution < -0.4 is 10.1 Å². The van der Waals surface area contributed by atoms with Crippen molar-refractivity contribution < 1.29 is 27.1 Å². The van der Waals surface area contributed by atoms with Crippen molar-refractivity contribution in [3.05, 3.63) is 52.8 Å². The number of nitrogens with one attached hydrogen (secondary N) is 1. The normalized spacial score (nSPS) is 15.1. The molecule has 1 amide bonds. The fraction of sp³-hybridized carbons (Fsp3) is 0.316. The van der Waals surface area contributed by atoms with Crippen LogP contribution >= 0.6 is 11.6 Å². The van der Waals surface area contributed by atoms with Gasteiger partial charge in [-0.2, -0.15) is 4.31 Å². The number of halogens is 2. The first kappa shape index (κ1) is 21.5. The Labute approximate surface area is 173 Å². The van der Waals surface area contributed by atoms with Crippen molar-refractivity contribution in [3.63, 3.8) is 0 Å². The van der Waals surface area contributed by atoms with Gasteiger partial charge >= 0.3 is 0 Å². The van der Waals surface area contributed by atoms with Crippen LogP contribution in [0.3, 0.4) is 0 Å². The highest BCUT2D eigenvalue weighted by Gasteiger charge is 2.29. The highest BCUT2D eigenvalue weighted by atomic mass is 35.5. The first-order valence-corrected chi connectivity index (χ1v) is 10.6. The fourth-order valence-corrected chi connectivity index (χ4v) is 4.73. The van der Waals surface area contributed by atoms with Crippen molar-refractivity contribution in [3.8, 4) is 5.75 Å². The molecule has 1 fully saturated rings. The molecule has 3 rings (SSSR count). The van der Waals surface area contributed by atoms with Gasteiger partial charge in [-0.3, -0.25) is 4.79 Å². The number of methoxy groups -OCH3 is 1. The lowest BCUT2D eigenvalue weighted by Crippen LogP contribution is -2.40. The third-order valence-electron chi connectivity index (χ3n) is 4.41. The molecule has 2 aromatic rings. The van der Waals surface area contributed by atoms with Crippen LogP contribution in [-0.4, -0.2) is 52.0 Å². The van der Waals surface area contributed by atoms with E-state index in [1.807, 2.05) is 0 Å². The summed E-state index contributed by atoms with van der Waals surface area (Å²) in [6, 6.07) is 8.76. The van der Waals surface area contributed by atoms with E-state index in [1.54, 1.807) is 6.07 Å². The van der Waals surface area contributed by atoms with Crippen molar-refractivity contribution in [1.29, 1.82) is 0 Å². The molecular weight excluding hydrogens is 423 g/mol. The number of carbonyl (C=O) groups excluding carboxylic acids is 1. The van der Waals surface area contributed by atoms with Gasteiger partial charge < -0.3 is 14.8 Å². The number of hydrogen-bond acceptors (Lipinski definition) is 5. The number of amides is 1. The van der Waals surface area contributed by atoms with Crippen LogP contribution in [0, 0.1) is 5.82 Å². The summed E-state index contributed by atoms with van der Waals surface area (Å²) in [5, 5.41) is 2.34. The highest BCUT2D eigenvalue weighted by molar-refractivity contribution is 7.89. The van der Waals surface area contributed by atoms with Gasteiger partial charge in [0.25, 0.3) is 0 Å². The van der Waals surface area contributed by atoms with Crippen LogP contribution in [0.25, 0.3) is 0 Å². The maximum absolute atomic E-state index is 14.0. The van der Waals surface area contributed by atoms with Crippen LogP contribution in [0.1, 0.15) is 5.56 Å². The Morgan fingerprint density at radius 1 is 1.28 bits per heavy atom. The predicted molar refractivity (Wildman–Crippen MR) is 106 cm³/mol. The van der Waals surface area contributed by atoms with Crippen molar-refractivity contribution in [2.45, 2.75) is 11.3 Å². The molecule has 0 unspecified atom stereocenters. The van der Waals surface area contributed by atoms with Crippen LogP contribution in [-0.2, 0) is 26.0 Å². The van der Waals surface area contributed by atoms with Gasteiger partial charge in [0.15, 0.2) is 5.82 Å². The van der Waals surface area contributed by atoms with Gasteiger partial charge in [-0.05, 0) is 29.8 Å². The molecule has 0 radical (unpaired) electrons. The minimum atomic E-state index is -3.82. The zero-order chi connectivity index (χ0) is 21.0. The molecule has 1 aliphatic rings. The van der Waals surface area contributed by atoms with Gasteiger partial charge in [-0.15, -0.1) is 0 Å². The summed E-state index contributed by atoms with van der Waals surface area (Å²) < 4.78 is 51.7. The summed E-state index contributed by atoms with van der Waals surface area (Å²) in [4.78, 5) is 12.3. The average molecular weight is 443 g/mol. The summed E-state index contributed by atoms with van der Waals surface area (Å²) in [5.41, 5.74) is 0.398. The predicted octanol–water partition coefficient (Wildman–Crippen LogP) is 2.69. The topological polar surface area (TPSA) is 84.9 Å². The molecule has 29 heavy (non-hydrogen) atoms. The summed E-state index contributed by atoms with van der Waals surface area (Å²) in [6.07, 6.45) is -0.151. The van der Waals surface area contributed by atoms with Gasteiger partial charge in [0.05, 0.1) is 37.5 Å². The molecule has 1 heterocycles. The number of sulfonamides is 1. The largest absolute Gasteiger partial charge is 0.495 e. The SMILES string of the molecule is COc1ccc(CC(=O)Nc2cccc(Cl)c2F)cc1S(=O)(=O)N1CCOCC1. The molecular formula is C19H20ClFN2O5S. The third-order valence-corrected chi connectivity index (χ3v) is 6.62. The maximum Gasteiger partial charge on any atom is 0.246 e. The molecule has 10 heteroatoms. The van der Waals surface area contributed by atoms with Crippen molar-refractivity contribution >= 4 is 33.2 Å². The minimum absolute atomic E-state index is 0.0267. The molecule has 156 valence electrons. The Bertz CT molecular complexity index is 1010. The molecule has 0 spiro atoms. The summed E-state index contributed by atoms with van der Waals surface area (Å²) in [7, 11) is -2.44. The van der Waals surface area contributed by atoms with Crippen LogP contribution in [0.5, 0.6) is 5.75 Å². The first-order valence-electron chi connectivity index (χ1n) is 8.81. The van der Waals surface area contributed by atoms with E-state index < -0.39 is 21.7 Å². The minimum Gasteiger partial charge on any atom is -0.495 e. The van der Waals surface area contributed by atoms with E-state index in [9.17, 15) is 17.6 Å². The molecule has 0 saturated carbocycles. The maximum atomic E-state index is 14.0. The zero-order valence-corrected chi connectivity index (χ0v) is 17.2. The molecule has 1 saturated heterocycles. The second-order valence-corrected chi connectivity index (χ2v) is 8.64. The molecule has 7 nitrogen and oxygen atoms in total. The molecule has 0 atom stereocenters. The van der Waals surface area contributed by atoms with E-state index in [0.29, 0.717) is 18.8 Å². The number of hydrogen-bond donors (Lipinski definition) is 1. The smallest absolute Gasteiger partial charge is 0.246 e. The molecule has 2 aromatic carbocycles. The van der Waals surface area contributed by atoms with Crippen molar-refractivity contribution in [2.75, 3.05) is 38.7 Å². The number of carbonyl (C=O) groups is 1. The second kappa shape index (κ2) is 9.08. The van der Waals surface area contributed by atoms with Crippen LogP contribution in [0.2, 0.25) is 5.02 Å². The number of rotatable bonds is 6.